The van der Waals surface area contributed by atoms with Gasteiger partial charge in [-0.2, -0.15) is 0 Å². The topological polar surface area (TPSA) is 59.6 Å². The van der Waals surface area contributed by atoms with Crippen molar-refractivity contribution in [3.05, 3.63) is 24.3 Å². The van der Waals surface area contributed by atoms with E-state index in [0.717, 1.165) is 24.3 Å². The molecule has 0 spiro atoms. The number of hydrogen-bond acceptors (Lipinski definition) is 2. The summed E-state index contributed by atoms with van der Waals surface area (Å²) in [6.45, 7) is 6.77. The van der Waals surface area contributed by atoms with Crippen molar-refractivity contribution in [1.29, 1.82) is 0 Å². The molecular weight excluding hydrogens is 250 g/mol. The second-order valence-corrected chi connectivity index (χ2v) is 5.83. The van der Waals surface area contributed by atoms with Crippen LogP contribution in [0.15, 0.2) is 29.3 Å². The lowest BCUT2D eigenvalue weighted by Crippen LogP contribution is -2.24. The lowest BCUT2D eigenvalue weighted by molar-refractivity contribution is 0.335. The van der Waals surface area contributed by atoms with Gasteiger partial charge >= 0.3 is 0 Å². The quantitative estimate of drug-likeness (QED) is 0.640. The van der Waals surface area contributed by atoms with E-state index in [9.17, 15) is 0 Å². The Labute approximate surface area is 121 Å². The molecule has 2 rings (SSSR count). The van der Waals surface area contributed by atoms with Gasteiger partial charge in [-0.05, 0) is 36.3 Å². The van der Waals surface area contributed by atoms with Crippen molar-refractivity contribution in [1.82, 2.24) is 0 Å². The molecule has 0 aliphatic heterocycles. The molecule has 1 fully saturated rings. The Morgan fingerprint density at radius 2 is 2.30 bits per heavy atom. The summed E-state index contributed by atoms with van der Waals surface area (Å²) in [6, 6.07) is 8.04. The highest BCUT2D eigenvalue weighted by atomic mass is 16.5. The SMILES string of the molecule is CCC1(C(C)C)CC1N=C(N)Nc1cccc(OC)c1. The fraction of sp³-hybridized carbons (Fsp3) is 0.562. The van der Waals surface area contributed by atoms with Crippen LogP contribution in [-0.2, 0) is 0 Å². The van der Waals surface area contributed by atoms with Gasteiger partial charge in [-0.25, -0.2) is 4.99 Å². The van der Waals surface area contributed by atoms with Crippen LogP contribution in [0.4, 0.5) is 5.69 Å². The minimum atomic E-state index is 0.348. The number of nitrogens with two attached hydrogens (primary N) is 1. The molecule has 0 radical (unpaired) electrons. The van der Waals surface area contributed by atoms with Gasteiger partial charge in [0, 0.05) is 11.8 Å². The number of aliphatic imine (C=N–C) groups is 1. The fourth-order valence-corrected chi connectivity index (χ4v) is 2.93. The number of methoxy groups -OCH3 is 1. The summed E-state index contributed by atoms with van der Waals surface area (Å²) in [6.07, 6.45) is 2.30. The molecule has 1 aromatic rings. The number of ether oxygens (including phenoxy) is 1. The Hall–Kier alpha value is -1.71. The minimum Gasteiger partial charge on any atom is -0.497 e. The van der Waals surface area contributed by atoms with Gasteiger partial charge in [-0.1, -0.05) is 26.8 Å². The molecule has 0 heterocycles. The van der Waals surface area contributed by atoms with Crippen LogP contribution in [0.25, 0.3) is 0 Å². The minimum absolute atomic E-state index is 0.348. The van der Waals surface area contributed by atoms with E-state index in [1.54, 1.807) is 7.11 Å². The molecule has 2 atom stereocenters. The maximum absolute atomic E-state index is 6.01. The first-order valence-corrected chi connectivity index (χ1v) is 7.26. The molecular formula is C16H25N3O. The van der Waals surface area contributed by atoms with Crippen molar-refractivity contribution in [2.75, 3.05) is 12.4 Å². The number of hydrogen-bond donors (Lipinski definition) is 2. The molecule has 1 aliphatic rings. The Morgan fingerprint density at radius 3 is 2.85 bits per heavy atom. The van der Waals surface area contributed by atoms with E-state index in [-0.39, 0.29) is 0 Å². The van der Waals surface area contributed by atoms with Gasteiger partial charge in [-0.15, -0.1) is 0 Å². The van der Waals surface area contributed by atoms with Crippen molar-refractivity contribution in [2.24, 2.45) is 22.1 Å². The molecule has 1 aliphatic carbocycles. The average Bonchev–Trinajstić information content (AvgIpc) is 3.13. The maximum atomic E-state index is 6.01. The number of anilines is 1. The van der Waals surface area contributed by atoms with Crippen LogP contribution in [0.1, 0.15) is 33.6 Å². The highest BCUT2D eigenvalue weighted by Gasteiger charge is 2.54. The maximum Gasteiger partial charge on any atom is 0.193 e. The summed E-state index contributed by atoms with van der Waals surface area (Å²) in [5.74, 6) is 1.93. The highest BCUT2D eigenvalue weighted by molar-refractivity contribution is 5.92. The smallest absolute Gasteiger partial charge is 0.193 e. The Morgan fingerprint density at radius 1 is 1.55 bits per heavy atom. The van der Waals surface area contributed by atoms with E-state index >= 15 is 0 Å². The lowest BCUT2D eigenvalue weighted by atomic mass is 9.89. The van der Waals surface area contributed by atoms with Crippen LogP contribution in [0, 0.1) is 11.3 Å². The largest absolute Gasteiger partial charge is 0.497 e. The van der Waals surface area contributed by atoms with Crippen molar-refractivity contribution in [2.45, 2.75) is 39.7 Å². The molecule has 110 valence electrons. The van der Waals surface area contributed by atoms with Crippen molar-refractivity contribution in [3.8, 4) is 5.75 Å². The first kappa shape index (κ1) is 14.7. The molecule has 0 saturated heterocycles. The zero-order chi connectivity index (χ0) is 14.8. The van der Waals surface area contributed by atoms with E-state index < -0.39 is 0 Å². The van der Waals surface area contributed by atoms with E-state index in [4.69, 9.17) is 10.5 Å². The van der Waals surface area contributed by atoms with Crippen LogP contribution < -0.4 is 15.8 Å². The van der Waals surface area contributed by atoms with Gasteiger partial charge in [-0.3, -0.25) is 0 Å². The molecule has 2 unspecified atom stereocenters. The number of nitrogens with one attached hydrogen (secondary N) is 1. The van der Waals surface area contributed by atoms with Gasteiger partial charge < -0.3 is 15.8 Å². The van der Waals surface area contributed by atoms with Crippen LogP contribution >= 0.6 is 0 Å². The van der Waals surface area contributed by atoms with Crippen LogP contribution in [0.3, 0.4) is 0 Å². The monoisotopic (exact) mass is 275 g/mol. The first-order chi connectivity index (χ1) is 9.51. The number of benzene rings is 1. The average molecular weight is 275 g/mol. The van der Waals surface area contributed by atoms with Gasteiger partial charge in [0.25, 0.3) is 0 Å². The Bertz CT molecular complexity index is 498. The predicted octanol–water partition coefficient (Wildman–Crippen LogP) is 3.25. The van der Waals surface area contributed by atoms with Gasteiger partial charge in [0.15, 0.2) is 5.96 Å². The molecule has 0 amide bonds. The summed E-state index contributed by atoms with van der Waals surface area (Å²) < 4.78 is 5.19. The standard InChI is InChI=1S/C16H25N3O/c1-5-16(11(2)3)10-14(16)19-15(17)18-12-7-6-8-13(9-12)20-4/h6-9,11,14H,5,10H2,1-4H3,(H3,17,18,19). The highest BCUT2D eigenvalue weighted by Crippen LogP contribution is 2.56. The Balaban J connectivity index is 2.02. The Kier molecular flexibility index (Phi) is 4.21. The van der Waals surface area contributed by atoms with Crippen LogP contribution in [-0.4, -0.2) is 19.1 Å². The van der Waals surface area contributed by atoms with Gasteiger partial charge in [0.2, 0.25) is 0 Å². The summed E-state index contributed by atoms with van der Waals surface area (Å²) in [5, 5.41) is 3.14. The molecule has 3 N–H and O–H groups in total. The molecule has 1 saturated carbocycles. The number of guanidine groups is 1. The molecule has 1 aromatic carbocycles. The molecule has 20 heavy (non-hydrogen) atoms. The summed E-state index contributed by atoms with van der Waals surface area (Å²) in [5.41, 5.74) is 7.26. The van der Waals surface area contributed by atoms with Crippen LogP contribution in [0.5, 0.6) is 5.75 Å². The molecule has 4 nitrogen and oxygen atoms in total. The third-order valence-electron chi connectivity index (χ3n) is 4.52. The number of nitrogens with zero attached hydrogens (tertiary/aromatic N) is 1. The van der Waals surface area contributed by atoms with E-state index in [1.165, 1.54) is 0 Å². The number of rotatable bonds is 5. The summed E-state index contributed by atoms with van der Waals surface area (Å²) in [4.78, 5) is 4.63. The lowest BCUT2D eigenvalue weighted by Gasteiger charge is -2.18. The van der Waals surface area contributed by atoms with E-state index in [2.05, 4.69) is 31.1 Å². The fourth-order valence-electron chi connectivity index (χ4n) is 2.93. The first-order valence-electron chi connectivity index (χ1n) is 7.26. The van der Waals surface area contributed by atoms with Gasteiger partial charge in [0.1, 0.15) is 5.75 Å². The van der Waals surface area contributed by atoms with E-state index in [1.807, 2.05) is 24.3 Å². The third kappa shape index (κ3) is 2.89. The summed E-state index contributed by atoms with van der Waals surface area (Å²) in [7, 11) is 1.65. The van der Waals surface area contributed by atoms with E-state index in [0.29, 0.717) is 23.3 Å². The molecule has 0 bridgehead atoms. The zero-order valence-corrected chi connectivity index (χ0v) is 12.8. The van der Waals surface area contributed by atoms with Gasteiger partial charge in [0.05, 0.1) is 13.2 Å². The molecule has 0 aromatic heterocycles. The van der Waals surface area contributed by atoms with Crippen molar-refractivity contribution < 1.29 is 4.74 Å². The van der Waals surface area contributed by atoms with Crippen LogP contribution in [0.2, 0.25) is 0 Å². The third-order valence-corrected chi connectivity index (χ3v) is 4.52. The summed E-state index contributed by atoms with van der Waals surface area (Å²) >= 11 is 0. The normalized spacial score (nSPS) is 25.6. The molecule has 4 heteroatoms. The zero-order valence-electron chi connectivity index (χ0n) is 12.8. The van der Waals surface area contributed by atoms with Crippen molar-refractivity contribution >= 4 is 11.6 Å². The second kappa shape index (κ2) is 5.73. The van der Waals surface area contributed by atoms with Crippen molar-refractivity contribution in [3.63, 3.8) is 0 Å². The second-order valence-electron chi connectivity index (χ2n) is 5.83. The predicted molar refractivity (Wildman–Crippen MR) is 84.2 cm³/mol.